The van der Waals surface area contributed by atoms with Crippen LogP contribution >= 0.6 is 0 Å². The van der Waals surface area contributed by atoms with E-state index in [9.17, 15) is 4.79 Å². The first-order chi connectivity index (χ1) is 14.7. The van der Waals surface area contributed by atoms with Crippen LogP contribution in [0.2, 0.25) is 0 Å². The summed E-state index contributed by atoms with van der Waals surface area (Å²) < 4.78 is 17.0. The first-order valence-corrected chi connectivity index (χ1v) is 10.2. The molecular formula is C23H25N3O4. The number of fused-ring (bicyclic) bond motifs is 1. The van der Waals surface area contributed by atoms with Gasteiger partial charge in [0.15, 0.2) is 6.61 Å². The molecule has 1 fully saturated rings. The van der Waals surface area contributed by atoms with Crippen molar-refractivity contribution >= 4 is 16.9 Å². The number of hydrogen-bond donors (Lipinski definition) is 0. The number of rotatable bonds is 7. The van der Waals surface area contributed by atoms with Crippen LogP contribution in [0.15, 0.2) is 54.7 Å². The molecule has 7 heteroatoms. The molecule has 2 aromatic carbocycles. The number of piperidine rings is 1. The van der Waals surface area contributed by atoms with E-state index in [0.29, 0.717) is 31.3 Å². The van der Waals surface area contributed by atoms with Gasteiger partial charge in [0.1, 0.15) is 17.6 Å². The van der Waals surface area contributed by atoms with Gasteiger partial charge < -0.3 is 19.1 Å². The van der Waals surface area contributed by atoms with Crippen molar-refractivity contribution in [3.8, 4) is 17.4 Å². The highest BCUT2D eigenvalue weighted by atomic mass is 16.5. The number of benzene rings is 2. The van der Waals surface area contributed by atoms with Crippen molar-refractivity contribution in [1.82, 2.24) is 14.9 Å². The molecule has 1 aromatic heterocycles. The standard InChI is InChI=1S/C23H25N3O4/c1-2-28-17-7-9-18(10-8-17)29-16-23(27)26-13-11-19(12-14-26)30-22-15-24-20-5-3-4-6-21(20)25-22/h3-10,15,19H,2,11-14,16H2,1H3. The van der Waals surface area contributed by atoms with Crippen molar-refractivity contribution < 1.29 is 19.0 Å². The Labute approximate surface area is 175 Å². The second kappa shape index (κ2) is 9.43. The SMILES string of the molecule is CCOc1ccc(OCC(=O)N2CCC(Oc3cnc4ccccc4n3)CC2)cc1. The molecule has 2 heterocycles. The van der Waals surface area contributed by atoms with E-state index in [1.807, 2.05) is 60.4 Å². The van der Waals surface area contributed by atoms with E-state index < -0.39 is 0 Å². The second-order valence-corrected chi connectivity index (χ2v) is 7.09. The molecule has 3 aromatic rings. The molecule has 1 saturated heterocycles. The average Bonchev–Trinajstić information content (AvgIpc) is 2.79. The number of para-hydroxylation sites is 2. The lowest BCUT2D eigenvalue weighted by molar-refractivity contribution is -0.135. The predicted molar refractivity (Wildman–Crippen MR) is 113 cm³/mol. The number of ether oxygens (including phenoxy) is 3. The zero-order valence-electron chi connectivity index (χ0n) is 17.0. The summed E-state index contributed by atoms with van der Waals surface area (Å²) in [6.07, 6.45) is 3.19. The van der Waals surface area contributed by atoms with Crippen LogP contribution in [-0.2, 0) is 4.79 Å². The number of carbonyl (C=O) groups excluding carboxylic acids is 1. The van der Waals surface area contributed by atoms with Gasteiger partial charge in [-0.25, -0.2) is 9.97 Å². The fraction of sp³-hybridized carbons (Fsp3) is 0.348. The average molecular weight is 407 g/mol. The Morgan fingerprint density at radius 3 is 2.37 bits per heavy atom. The van der Waals surface area contributed by atoms with Gasteiger partial charge in [-0.15, -0.1) is 0 Å². The number of amides is 1. The molecule has 0 saturated carbocycles. The van der Waals surface area contributed by atoms with Crippen LogP contribution in [0.3, 0.4) is 0 Å². The van der Waals surface area contributed by atoms with E-state index in [2.05, 4.69) is 9.97 Å². The Hall–Kier alpha value is -3.35. The third-order valence-electron chi connectivity index (χ3n) is 5.01. The zero-order chi connectivity index (χ0) is 20.8. The zero-order valence-corrected chi connectivity index (χ0v) is 17.0. The minimum absolute atomic E-state index is 0.0205. The molecule has 0 radical (unpaired) electrons. The summed E-state index contributed by atoms with van der Waals surface area (Å²) in [5.74, 6) is 1.94. The van der Waals surface area contributed by atoms with E-state index in [1.165, 1.54) is 0 Å². The fourth-order valence-electron chi connectivity index (χ4n) is 3.43. The lowest BCUT2D eigenvalue weighted by atomic mass is 10.1. The number of carbonyl (C=O) groups is 1. The molecule has 1 aliphatic heterocycles. The maximum absolute atomic E-state index is 12.5. The number of nitrogens with zero attached hydrogens (tertiary/aromatic N) is 3. The number of likely N-dealkylation sites (tertiary alicyclic amines) is 1. The van der Waals surface area contributed by atoms with Crippen molar-refractivity contribution in [2.24, 2.45) is 0 Å². The smallest absolute Gasteiger partial charge is 0.260 e. The minimum Gasteiger partial charge on any atom is -0.494 e. The number of aromatic nitrogens is 2. The van der Waals surface area contributed by atoms with E-state index >= 15 is 0 Å². The molecule has 0 atom stereocenters. The summed E-state index contributed by atoms with van der Waals surface area (Å²) in [5.41, 5.74) is 1.66. The Morgan fingerprint density at radius 1 is 1.00 bits per heavy atom. The van der Waals surface area contributed by atoms with E-state index in [4.69, 9.17) is 14.2 Å². The molecule has 1 aliphatic rings. The summed E-state index contributed by atoms with van der Waals surface area (Å²) in [5, 5.41) is 0. The Bertz CT molecular complexity index is 985. The largest absolute Gasteiger partial charge is 0.494 e. The van der Waals surface area contributed by atoms with E-state index in [-0.39, 0.29) is 18.6 Å². The second-order valence-electron chi connectivity index (χ2n) is 7.09. The van der Waals surface area contributed by atoms with Crippen LogP contribution in [0.25, 0.3) is 11.0 Å². The summed E-state index contributed by atoms with van der Waals surface area (Å²) in [6, 6.07) is 15.0. The van der Waals surface area contributed by atoms with Gasteiger partial charge in [0.05, 0.1) is 23.8 Å². The van der Waals surface area contributed by atoms with Gasteiger partial charge in [0, 0.05) is 25.9 Å². The van der Waals surface area contributed by atoms with Crippen molar-refractivity contribution in [2.75, 3.05) is 26.3 Å². The van der Waals surface area contributed by atoms with Gasteiger partial charge in [-0.1, -0.05) is 12.1 Å². The normalized spacial score (nSPS) is 14.5. The summed E-state index contributed by atoms with van der Waals surface area (Å²) >= 11 is 0. The Balaban J connectivity index is 1.23. The molecule has 0 unspecified atom stereocenters. The minimum atomic E-state index is -0.0205. The molecule has 0 bridgehead atoms. The lowest BCUT2D eigenvalue weighted by Crippen LogP contribution is -2.43. The number of hydrogen-bond acceptors (Lipinski definition) is 6. The van der Waals surface area contributed by atoms with Gasteiger partial charge in [-0.3, -0.25) is 4.79 Å². The molecule has 156 valence electrons. The molecular weight excluding hydrogens is 382 g/mol. The third kappa shape index (κ3) is 4.97. The first kappa shape index (κ1) is 19.9. The highest BCUT2D eigenvalue weighted by Gasteiger charge is 2.24. The maximum atomic E-state index is 12.5. The van der Waals surface area contributed by atoms with Gasteiger partial charge in [-0.2, -0.15) is 0 Å². The fourth-order valence-corrected chi connectivity index (χ4v) is 3.43. The van der Waals surface area contributed by atoms with E-state index in [1.54, 1.807) is 6.20 Å². The van der Waals surface area contributed by atoms with Crippen LogP contribution in [0.4, 0.5) is 0 Å². The maximum Gasteiger partial charge on any atom is 0.260 e. The predicted octanol–water partition coefficient (Wildman–Crippen LogP) is 3.48. The molecule has 0 N–H and O–H groups in total. The van der Waals surface area contributed by atoms with E-state index in [0.717, 1.165) is 29.6 Å². The van der Waals surface area contributed by atoms with Crippen LogP contribution in [0, 0.1) is 0 Å². The van der Waals surface area contributed by atoms with Crippen LogP contribution in [0.1, 0.15) is 19.8 Å². The van der Waals surface area contributed by atoms with Crippen molar-refractivity contribution in [1.29, 1.82) is 0 Å². The summed E-state index contributed by atoms with van der Waals surface area (Å²) in [4.78, 5) is 23.2. The molecule has 1 amide bonds. The lowest BCUT2D eigenvalue weighted by Gasteiger charge is -2.31. The van der Waals surface area contributed by atoms with Crippen molar-refractivity contribution in [3.05, 3.63) is 54.7 Å². The topological polar surface area (TPSA) is 73.8 Å². The van der Waals surface area contributed by atoms with Gasteiger partial charge >= 0.3 is 0 Å². The highest BCUT2D eigenvalue weighted by molar-refractivity contribution is 5.78. The first-order valence-electron chi connectivity index (χ1n) is 10.2. The molecule has 7 nitrogen and oxygen atoms in total. The van der Waals surface area contributed by atoms with Crippen molar-refractivity contribution in [3.63, 3.8) is 0 Å². The van der Waals surface area contributed by atoms with Crippen LogP contribution in [0.5, 0.6) is 17.4 Å². The Morgan fingerprint density at radius 2 is 1.67 bits per heavy atom. The summed E-state index contributed by atoms with van der Waals surface area (Å²) in [6.45, 7) is 3.85. The van der Waals surface area contributed by atoms with Gasteiger partial charge in [0.25, 0.3) is 5.91 Å². The summed E-state index contributed by atoms with van der Waals surface area (Å²) in [7, 11) is 0. The quantitative estimate of drug-likeness (QED) is 0.597. The monoisotopic (exact) mass is 407 g/mol. The van der Waals surface area contributed by atoms with Gasteiger partial charge in [0.2, 0.25) is 5.88 Å². The molecule has 0 aliphatic carbocycles. The Kier molecular flexibility index (Phi) is 6.27. The van der Waals surface area contributed by atoms with Crippen molar-refractivity contribution in [2.45, 2.75) is 25.9 Å². The molecule has 4 rings (SSSR count). The van der Waals surface area contributed by atoms with Gasteiger partial charge in [-0.05, 0) is 43.3 Å². The molecule has 30 heavy (non-hydrogen) atoms. The third-order valence-corrected chi connectivity index (χ3v) is 5.01. The van der Waals surface area contributed by atoms with Crippen LogP contribution < -0.4 is 14.2 Å². The molecule has 0 spiro atoms. The highest BCUT2D eigenvalue weighted by Crippen LogP contribution is 2.20. The van der Waals surface area contributed by atoms with Crippen LogP contribution in [-0.4, -0.2) is 53.2 Å².